The van der Waals surface area contributed by atoms with Crippen LogP contribution in [0.25, 0.3) is 0 Å². The van der Waals surface area contributed by atoms with Gasteiger partial charge in [0.1, 0.15) is 0 Å². The van der Waals surface area contributed by atoms with Gasteiger partial charge in [0.05, 0.1) is 12.0 Å². The fourth-order valence-electron chi connectivity index (χ4n) is 2.04. The summed E-state index contributed by atoms with van der Waals surface area (Å²) in [5, 5.41) is 0. The number of ether oxygens (including phenoxy) is 1. The van der Waals surface area contributed by atoms with E-state index in [2.05, 4.69) is 0 Å². The van der Waals surface area contributed by atoms with Gasteiger partial charge in [-0.05, 0) is 39.3 Å². The molecule has 3 nitrogen and oxygen atoms in total. The molecule has 1 rings (SSSR count). The second kappa shape index (κ2) is 6.74. The van der Waals surface area contributed by atoms with Crippen LogP contribution in [0.1, 0.15) is 32.3 Å². The second-order valence-electron chi connectivity index (χ2n) is 4.67. The first-order valence-corrected chi connectivity index (χ1v) is 6.39. The number of hydrogen-bond acceptors (Lipinski definition) is 3. The summed E-state index contributed by atoms with van der Waals surface area (Å²) in [6.07, 6.45) is 0.609. The molecule has 6 heteroatoms. The van der Waals surface area contributed by atoms with Crippen LogP contribution in [0.5, 0.6) is 0 Å². The molecule has 1 unspecified atom stereocenters. The van der Waals surface area contributed by atoms with Gasteiger partial charge in [-0.25, -0.2) is 13.2 Å². The molecule has 20 heavy (non-hydrogen) atoms. The minimum absolute atomic E-state index is 0.113. The van der Waals surface area contributed by atoms with Crippen LogP contribution in [0.15, 0.2) is 12.1 Å². The fourth-order valence-corrected chi connectivity index (χ4v) is 2.04. The summed E-state index contributed by atoms with van der Waals surface area (Å²) >= 11 is 0. The number of nitrogens with two attached hydrogens (primary N) is 1. The van der Waals surface area contributed by atoms with E-state index >= 15 is 0 Å². The molecule has 0 aliphatic carbocycles. The maximum absolute atomic E-state index is 13.9. The van der Waals surface area contributed by atoms with E-state index in [9.17, 15) is 18.0 Å². The molecule has 0 fully saturated rings. The van der Waals surface area contributed by atoms with E-state index in [1.165, 1.54) is 6.92 Å². The molecule has 0 saturated heterocycles. The third-order valence-corrected chi connectivity index (χ3v) is 3.24. The highest BCUT2D eigenvalue weighted by Gasteiger charge is 2.39. The van der Waals surface area contributed by atoms with Gasteiger partial charge in [0.2, 0.25) is 0 Å². The smallest absolute Gasteiger partial charge is 0.316 e. The van der Waals surface area contributed by atoms with Crippen molar-refractivity contribution in [2.45, 2.75) is 32.1 Å². The summed E-state index contributed by atoms with van der Waals surface area (Å²) in [6, 6.07) is 1.87. The number of carbonyl (C=O) groups excluding carboxylic acids is 1. The molecular formula is C14H18F3NO2. The van der Waals surface area contributed by atoms with Crippen LogP contribution in [0.3, 0.4) is 0 Å². The molecule has 0 aliphatic rings. The molecule has 1 aromatic carbocycles. The minimum Gasteiger partial charge on any atom is -0.465 e. The van der Waals surface area contributed by atoms with Crippen molar-refractivity contribution in [3.63, 3.8) is 0 Å². The predicted molar refractivity (Wildman–Crippen MR) is 68.6 cm³/mol. The Morgan fingerprint density at radius 3 is 2.50 bits per heavy atom. The van der Waals surface area contributed by atoms with Crippen molar-refractivity contribution in [3.05, 3.63) is 35.1 Å². The van der Waals surface area contributed by atoms with Gasteiger partial charge in [0, 0.05) is 5.56 Å². The van der Waals surface area contributed by atoms with Crippen molar-refractivity contribution in [1.29, 1.82) is 0 Å². The molecule has 0 heterocycles. The summed E-state index contributed by atoms with van der Waals surface area (Å²) in [7, 11) is 0. The molecule has 0 bridgehead atoms. The molecule has 0 aromatic heterocycles. The van der Waals surface area contributed by atoms with Crippen LogP contribution in [0.2, 0.25) is 0 Å². The first-order chi connectivity index (χ1) is 9.38. The second-order valence-corrected chi connectivity index (χ2v) is 4.67. The quantitative estimate of drug-likeness (QED) is 0.647. The largest absolute Gasteiger partial charge is 0.465 e. The zero-order valence-electron chi connectivity index (χ0n) is 11.5. The minimum atomic E-state index is -1.59. The lowest BCUT2D eigenvalue weighted by atomic mass is 9.78. The lowest BCUT2D eigenvalue weighted by Crippen LogP contribution is -2.36. The number of halogens is 3. The summed E-state index contributed by atoms with van der Waals surface area (Å²) < 4.78 is 45.2. The van der Waals surface area contributed by atoms with Gasteiger partial charge in [0.25, 0.3) is 0 Å². The molecular weight excluding hydrogens is 271 g/mol. The van der Waals surface area contributed by atoms with Gasteiger partial charge in [-0.15, -0.1) is 0 Å². The molecule has 1 aromatic rings. The maximum Gasteiger partial charge on any atom is 0.316 e. The third-order valence-electron chi connectivity index (χ3n) is 3.24. The summed E-state index contributed by atoms with van der Waals surface area (Å²) in [5.74, 6) is -4.93. The van der Waals surface area contributed by atoms with E-state index in [1.807, 2.05) is 0 Å². The van der Waals surface area contributed by atoms with Crippen LogP contribution in [0, 0.1) is 17.5 Å². The van der Waals surface area contributed by atoms with Crippen LogP contribution < -0.4 is 5.73 Å². The Balaban J connectivity index is 3.30. The van der Waals surface area contributed by atoms with E-state index in [0.717, 1.165) is 12.1 Å². The molecule has 0 amide bonds. The zero-order chi connectivity index (χ0) is 15.3. The number of esters is 1. The van der Waals surface area contributed by atoms with Crippen LogP contribution >= 0.6 is 0 Å². The Labute approximate surface area is 115 Å². The maximum atomic E-state index is 13.9. The normalized spacial score (nSPS) is 13.9. The highest BCUT2D eigenvalue weighted by atomic mass is 19.2. The topological polar surface area (TPSA) is 52.3 Å². The van der Waals surface area contributed by atoms with E-state index in [1.54, 1.807) is 6.92 Å². The van der Waals surface area contributed by atoms with Crippen LogP contribution in [0.4, 0.5) is 13.2 Å². The van der Waals surface area contributed by atoms with E-state index in [0.29, 0.717) is 13.0 Å². The first kappa shape index (κ1) is 16.5. The summed E-state index contributed by atoms with van der Waals surface area (Å²) in [5.41, 5.74) is 3.79. The summed E-state index contributed by atoms with van der Waals surface area (Å²) in [4.78, 5) is 12.1. The molecule has 0 saturated carbocycles. The van der Waals surface area contributed by atoms with Gasteiger partial charge in [-0.3, -0.25) is 4.79 Å². The zero-order valence-corrected chi connectivity index (χ0v) is 11.5. The summed E-state index contributed by atoms with van der Waals surface area (Å²) in [6.45, 7) is 3.46. The highest BCUT2D eigenvalue weighted by molar-refractivity contribution is 5.82. The van der Waals surface area contributed by atoms with Gasteiger partial charge >= 0.3 is 5.97 Å². The third kappa shape index (κ3) is 3.12. The van der Waals surface area contributed by atoms with Gasteiger partial charge in [0.15, 0.2) is 17.5 Å². The molecule has 0 aliphatic heterocycles. The molecule has 1 atom stereocenters. The van der Waals surface area contributed by atoms with Crippen molar-refractivity contribution < 1.29 is 22.7 Å². The first-order valence-electron chi connectivity index (χ1n) is 6.39. The van der Waals surface area contributed by atoms with Gasteiger partial charge < -0.3 is 10.5 Å². The van der Waals surface area contributed by atoms with Crippen molar-refractivity contribution >= 4 is 5.97 Å². The fraction of sp³-hybridized carbons (Fsp3) is 0.500. The average molecular weight is 289 g/mol. The number of rotatable bonds is 6. The van der Waals surface area contributed by atoms with E-state index in [4.69, 9.17) is 10.5 Å². The molecule has 0 spiro atoms. The highest BCUT2D eigenvalue weighted by Crippen LogP contribution is 2.33. The van der Waals surface area contributed by atoms with Crippen molar-refractivity contribution in [2.75, 3.05) is 13.2 Å². The van der Waals surface area contributed by atoms with Crippen molar-refractivity contribution in [2.24, 2.45) is 5.73 Å². The number of carbonyl (C=O) groups is 1. The van der Waals surface area contributed by atoms with Crippen LogP contribution in [-0.2, 0) is 14.9 Å². The van der Waals surface area contributed by atoms with Crippen molar-refractivity contribution in [3.8, 4) is 0 Å². The SMILES string of the molecule is CCOC(=O)C(C)(CCCN)c1ccc(F)c(F)c1F. The Morgan fingerprint density at radius 2 is 1.95 bits per heavy atom. The Kier molecular flexibility index (Phi) is 5.56. The number of hydrogen-bond donors (Lipinski definition) is 1. The van der Waals surface area contributed by atoms with Crippen molar-refractivity contribution in [1.82, 2.24) is 0 Å². The monoisotopic (exact) mass is 289 g/mol. The average Bonchev–Trinajstić information content (AvgIpc) is 2.42. The molecule has 2 N–H and O–H groups in total. The molecule has 112 valence electrons. The van der Waals surface area contributed by atoms with E-state index < -0.39 is 28.8 Å². The Morgan fingerprint density at radius 1 is 1.30 bits per heavy atom. The molecule has 0 radical (unpaired) electrons. The van der Waals surface area contributed by atoms with Gasteiger partial charge in [-0.2, -0.15) is 0 Å². The Hall–Kier alpha value is -1.56. The lowest BCUT2D eigenvalue weighted by molar-refractivity contribution is -0.150. The van der Waals surface area contributed by atoms with E-state index in [-0.39, 0.29) is 18.6 Å². The van der Waals surface area contributed by atoms with Gasteiger partial charge in [-0.1, -0.05) is 6.07 Å². The standard InChI is InChI=1S/C14H18F3NO2/c1-3-20-13(19)14(2,7-4-8-18)9-5-6-10(15)12(17)11(9)16/h5-6H,3-4,7-8,18H2,1-2H3. The lowest BCUT2D eigenvalue weighted by Gasteiger charge is -2.28. The predicted octanol–water partition coefficient (Wildman–Crippen LogP) is 2.66. The Bertz CT molecular complexity index is 494. The van der Waals surface area contributed by atoms with Crippen LogP contribution in [-0.4, -0.2) is 19.1 Å². The number of benzene rings is 1.